The van der Waals surface area contributed by atoms with E-state index in [2.05, 4.69) is 21.3 Å². The fraction of sp³-hybridized carbons (Fsp3) is 0.537. The average Bonchev–Trinajstić information content (AvgIpc) is 3.16. The van der Waals surface area contributed by atoms with Gasteiger partial charge in [-0.3, -0.25) is 24.0 Å². The summed E-state index contributed by atoms with van der Waals surface area (Å²) in [7, 11) is 2.91. The Morgan fingerprint density at radius 2 is 1.55 bits per heavy atom. The molecule has 0 aromatic heterocycles. The van der Waals surface area contributed by atoms with E-state index in [0.717, 1.165) is 16.0 Å². The summed E-state index contributed by atoms with van der Waals surface area (Å²) in [5, 5.41) is 30.3. The number of benzene rings is 1. The number of hydrogen-bond donors (Lipinski definition) is 6. The molecule has 15 nitrogen and oxygen atoms in total. The predicted molar refractivity (Wildman–Crippen MR) is 210 cm³/mol. The van der Waals surface area contributed by atoms with E-state index < -0.39 is 89.8 Å². The zero-order valence-electron chi connectivity index (χ0n) is 33.8. The van der Waals surface area contributed by atoms with Crippen LogP contribution in [0.5, 0.6) is 0 Å². The Labute approximate surface area is 329 Å². The van der Waals surface area contributed by atoms with Gasteiger partial charge in [0.05, 0.1) is 24.0 Å². The Hall–Kier alpha value is -5.31. The van der Waals surface area contributed by atoms with Crippen LogP contribution < -0.4 is 21.3 Å². The summed E-state index contributed by atoms with van der Waals surface area (Å²) in [4.78, 5) is 93.3. The minimum atomic E-state index is -1.75. The first-order chi connectivity index (χ1) is 26.4. The number of likely N-dealkylation sites (N-methyl/N-ethyl adjacent to an activating group) is 1. The van der Waals surface area contributed by atoms with Gasteiger partial charge < -0.3 is 41.1 Å². The molecule has 1 aromatic carbocycles. The van der Waals surface area contributed by atoms with E-state index in [9.17, 15) is 43.8 Å². The number of carboxylic acid groups (broad SMARTS) is 2. The van der Waals surface area contributed by atoms with Crippen molar-refractivity contribution in [1.29, 1.82) is 0 Å². The second kappa shape index (κ2) is 22.3. The van der Waals surface area contributed by atoms with Crippen LogP contribution in [-0.2, 0) is 44.7 Å². The standard InChI is InChI=1S/C41H59N5O10/c1-10-24(4)34-39(51)42-29(18-17-23(3)21-25(5)32(56-9)22-28-15-13-12-14-16-28)26(6)36(48)43-30(40(52)53)19-20-33(47)46(8)31(11-2)38(50)45-35(41(54)55)27(7)37(49)44-34/h11-18,21,24-27,29-30,32,34-35H,10,19-20,22H2,1-9H3,(H,42,51)(H,43,48)(H,44,49)(H,45,50)(H,52,53)(H,54,55)/b18-17+,23-21+,31-11-/t24?,25-,26?,27-,29-,30+,32-,34-,35+/m0/s1. The van der Waals surface area contributed by atoms with Crippen LogP contribution in [0.1, 0.15) is 73.3 Å². The minimum Gasteiger partial charge on any atom is -0.480 e. The maximum atomic E-state index is 14.0. The second-order valence-electron chi connectivity index (χ2n) is 14.4. The number of ether oxygens (including phenoxy) is 1. The lowest BCUT2D eigenvalue weighted by Crippen LogP contribution is -2.58. The molecule has 0 radical (unpaired) electrons. The van der Waals surface area contributed by atoms with Gasteiger partial charge in [-0.05, 0) is 38.2 Å². The van der Waals surface area contributed by atoms with Crippen molar-refractivity contribution in [3.8, 4) is 0 Å². The molecule has 0 bridgehead atoms. The molecule has 1 fully saturated rings. The molecular weight excluding hydrogens is 722 g/mol. The Bertz CT molecular complexity index is 1660. The Kier molecular flexibility index (Phi) is 18.6. The molecule has 5 amide bonds. The first kappa shape index (κ1) is 46.8. The molecule has 15 heteroatoms. The van der Waals surface area contributed by atoms with Crippen molar-refractivity contribution in [2.45, 2.75) is 104 Å². The van der Waals surface area contributed by atoms with Crippen molar-refractivity contribution in [2.24, 2.45) is 23.7 Å². The molecule has 6 N–H and O–H groups in total. The van der Waals surface area contributed by atoms with Crippen LogP contribution in [0.15, 0.2) is 65.9 Å². The Balaban J connectivity index is 2.60. The number of hydrogen-bond acceptors (Lipinski definition) is 8. The maximum Gasteiger partial charge on any atom is 0.327 e. The highest BCUT2D eigenvalue weighted by Crippen LogP contribution is 2.19. The number of carbonyl (C=O) groups is 7. The van der Waals surface area contributed by atoms with E-state index in [-0.39, 0.29) is 24.1 Å². The number of carbonyl (C=O) groups excluding carboxylic acids is 5. The van der Waals surface area contributed by atoms with Crippen molar-refractivity contribution < 1.29 is 48.5 Å². The number of carboxylic acids is 2. The summed E-state index contributed by atoms with van der Waals surface area (Å²) in [6, 6.07) is 4.45. The number of amides is 5. The number of allylic oxidation sites excluding steroid dienone is 3. The number of methoxy groups -OCH3 is 1. The van der Waals surface area contributed by atoms with Crippen LogP contribution in [0.3, 0.4) is 0 Å². The third-order valence-corrected chi connectivity index (χ3v) is 10.3. The number of nitrogens with zero attached hydrogens (tertiary/aromatic N) is 1. The lowest BCUT2D eigenvalue weighted by atomic mass is 9.93. The van der Waals surface area contributed by atoms with E-state index in [1.807, 2.05) is 50.3 Å². The van der Waals surface area contributed by atoms with Crippen LogP contribution in [0, 0.1) is 23.7 Å². The van der Waals surface area contributed by atoms with E-state index >= 15 is 0 Å². The predicted octanol–water partition coefficient (Wildman–Crippen LogP) is 2.97. The van der Waals surface area contributed by atoms with Crippen LogP contribution in [0.4, 0.5) is 0 Å². The van der Waals surface area contributed by atoms with Crippen molar-refractivity contribution in [2.75, 3.05) is 14.2 Å². The zero-order chi connectivity index (χ0) is 42.3. The Morgan fingerprint density at radius 3 is 2.11 bits per heavy atom. The quantitative estimate of drug-likeness (QED) is 0.142. The zero-order valence-corrected chi connectivity index (χ0v) is 33.8. The molecule has 0 saturated carbocycles. The van der Waals surface area contributed by atoms with Crippen molar-refractivity contribution in [3.05, 3.63) is 71.5 Å². The average molecular weight is 782 g/mol. The lowest BCUT2D eigenvalue weighted by molar-refractivity contribution is -0.146. The van der Waals surface area contributed by atoms with Crippen molar-refractivity contribution >= 4 is 41.5 Å². The van der Waals surface area contributed by atoms with E-state index in [4.69, 9.17) is 4.74 Å². The molecule has 2 rings (SSSR count). The van der Waals surface area contributed by atoms with Gasteiger partial charge in [-0.15, -0.1) is 0 Å². The third kappa shape index (κ3) is 13.5. The second-order valence-corrected chi connectivity index (χ2v) is 14.4. The van der Waals surface area contributed by atoms with Gasteiger partial charge in [-0.1, -0.05) is 101 Å². The fourth-order valence-corrected chi connectivity index (χ4v) is 6.28. The highest BCUT2D eigenvalue weighted by atomic mass is 16.5. The molecule has 2 unspecified atom stereocenters. The molecule has 1 saturated heterocycles. The maximum absolute atomic E-state index is 14.0. The molecular formula is C41H59N5O10. The first-order valence-corrected chi connectivity index (χ1v) is 18.9. The highest BCUT2D eigenvalue weighted by Gasteiger charge is 2.37. The molecule has 56 heavy (non-hydrogen) atoms. The Morgan fingerprint density at radius 1 is 0.929 bits per heavy atom. The fourth-order valence-electron chi connectivity index (χ4n) is 6.28. The molecule has 308 valence electrons. The van der Waals surface area contributed by atoms with Crippen LogP contribution in [0.25, 0.3) is 0 Å². The van der Waals surface area contributed by atoms with Gasteiger partial charge >= 0.3 is 11.9 Å². The topological polar surface area (TPSA) is 221 Å². The third-order valence-electron chi connectivity index (χ3n) is 10.3. The molecule has 1 aliphatic heterocycles. The summed E-state index contributed by atoms with van der Waals surface area (Å²) in [6.45, 7) is 11.6. The SMILES string of the molecule is C/C=C1/C(=O)N[C@@H](C(=O)O)[C@H](C)C(=O)N[C@@H](C(C)CC)C(=O)N[C@@H](/C=C/C(C)=C/[C@H](C)[C@H](Cc2ccccc2)OC)C(C)C(=O)N[C@@H](C(=O)O)CCC(=O)N1C. The van der Waals surface area contributed by atoms with Gasteiger partial charge in [0.2, 0.25) is 23.6 Å². The van der Waals surface area contributed by atoms with Crippen molar-refractivity contribution in [3.63, 3.8) is 0 Å². The van der Waals surface area contributed by atoms with Crippen LogP contribution >= 0.6 is 0 Å². The summed E-state index contributed by atoms with van der Waals surface area (Å²) in [5.74, 6) is -9.73. The summed E-state index contributed by atoms with van der Waals surface area (Å²) >= 11 is 0. The highest BCUT2D eigenvalue weighted by molar-refractivity contribution is 6.00. The smallest absolute Gasteiger partial charge is 0.327 e. The minimum absolute atomic E-state index is 0.0389. The van der Waals surface area contributed by atoms with Gasteiger partial charge in [0.25, 0.3) is 5.91 Å². The van der Waals surface area contributed by atoms with Crippen molar-refractivity contribution in [1.82, 2.24) is 26.2 Å². The lowest BCUT2D eigenvalue weighted by Gasteiger charge is -2.30. The van der Waals surface area contributed by atoms with Gasteiger partial charge in [-0.25, -0.2) is 9.59 Å². The first-order valence-electron chi connectivity index (χ1n) is 18.9. The van der Waals surface area contributed by atoms with Gasteiger partial charge in [-0.2, -0.15) is 0 Å². The van der Waals surface area contributed by atoms with Gasteiger partial charge in [0.15, 0.2) is 0 Å². The molecule has 0 aliphatic carbocycles. The number of aliphatic carboxylic acids is 2. The summed E-state index contributed by atoms with van der Waals surface area (Å²) in [6.07, 6.45) is 6.83. The number of nitrogens with one attached hydrogen (secondary N) is 4. The summed E-state index contributed by atoms with van der Waals surface area (Å²) < 4.78 is 5.79. The molecule has 9 atom stereocenters. The van der Waals surface area contributed by atoms with E-state index in [1.165, 1.54) is 33.9 Å². The van der Waals surface area contributed by atoms with Gasteiger partial charge in [0.1, 0.15) is 23.8 Å². The monoisotopic (exact) mass is 781 g/mol. The molecule has 1 heterocycles. The van der Waals surface area contributed by atoms with Crippen LogP contribution in [0.2, 0.25) is 0 Å². The van der Waals surface area contributed by atoms with Gasteiger partial charge in [0, 0.05) is 26.5 Å². The molecule has 1 aliphatic rings. The molecule has 1 aromatic rings. The summed E-state index contributed by atoms with van der Waals surface area (Å²) in [5.41, 5.74) is 1.66. The molecule has 0 spiro atoms. The van der Waals surface area contributed by atoms with E-state index in [1.54, 1.807) is 33.1 Å². The number of rotatable bonds is 11. The van der Waals surface area contributed by atoms with Crippen LogP contribution in [-0.4, -0.2) is 101 Å². The largest absolute Gasteiger partial charge is 0.480 e. The normalized spacial score (nSPS) is 26.5. The van der Waals surface area contributed by atoms with E-state index in [0.29, 0.717) is 12.8 Å².